The number of aliphatic hydroxyl groups excluding tert-OH is 1. The molecule has 3 aromatic rings. The zero-order valence-corrected chi connectivity index (χ0v) is 19.4. The van der Waals surface area contributed by atoms with Crippen molar-refractivity contribution in [1.82, 2.24) is 4.98 Å². The number of rotatable bonds is 5. The Labute approximate surface area is 196 Å². The maximum Gasteiger partial charge on any atom is 0.350 e. The molecule has 1 atom stereocenters. The summed E-state index contributed by atoms with van der Waals surface area (Å²) in [7, 11) is 0. The summed E-state index contributed by atoms with van der Waals surface area (Å²) in [5, 5.41) is 13.5. The van der Waals surface area contributed by atoms with Crippen LogP contribution in [0.25, 0.3) is 5.76 Å². The van der Waals surface area contributed by atoms with Gasteiger partial charge in [0.15, 0.2) is 5.13 Å². The van der Waals surface area contributed by atoms with Crippen molar-refractivity contribution < 1.29 is 24.2 Å². The van der Waals surface area contributed by atoms with Crippen LogP contribution in [0.15, 0.2) is 47.4 Å². The number of ether oxygens (including phenoxy) is 1. The number of nitrogens with zero attached hydrogens (tertiary/aromatic N) is 2. The van der Waals surface area contributed by atoms with Crippen molar-refractivity contribution in [3.05, 3.63) is 73.4 Å². The second-order valence-electron chi connectivity index (χ2n) is 6.82. The highest BCUT2D eigenvalue weighted by Crippen LogP contribution is 2.45. The van der Waals surface area contributed by atoms with Gasteiger partial charge in [0.25, 0.3) is 5.78 Å². The first-order chi connectivity index (χ1) is 15.3. The van der Waals surface area contributed by atoms with Crippen molar-refractivity contribution in [1.29, 1.82) is 0 Å². The van der Waals surface area contributed by atoms with Crippen molar-refractivity contribution in [2.24, 2.45) is 0 Å². The van der Waals surface area contributed by atoms with E-state index in [1.54, 1.807) is 50.2 Å². The Morgan fingerprint density at radius 2 is 1.97 bits per heavy atom. The highest BCUT2D eigenvalue weighted by Gasteiger charge is 2.48. The Hall–Kier alpha value is -3.01. The Bertz CT molecular complexity index is 1230. The number of halogens is 1. The van der Waals surface area contributed by atoms with Gasteiger partial charge in [-0.05, 0) is 49.6 Å². The van der Waals surface area contributed by atoms with E-state index >= 15 is 0 Å². The highest BCUT2D eigenvalue weighted by atomic mass is 35.5. The number of hydrogen-bond acceptors (Lipinski definition) is 8. The molecule has 1 aromatic carbocycles. The van der Waals surface area contributed by atoms with Gasteiger partial charge < -0.3 is 9.84 Å². The smallest absolute Gasteiger partial charge is 0.350 e. The van der Waals surface area contributed by atoms with Crippen LogP contribution in [0.3, 0.4) is 0 Å². The van der Waals surface area contributed by atoms with Gasteiger partial charge in [-0.1, -0.05) is 29.0 Å². The number of aliphatic hydroxyl groups is 1. The minimum absolute atomic E-state index is 0.0506. The molecular formula is C22H17ClN2O5S2. The lowest BCUT2D eigenvalue weighted by molar-refractivity contribution is -0.132. The van der Waals surface area contributed by atoms with Crippen molar-refractivity contribution >= 4 is 62.8 Å². The van der Waals surface area contributed by atoms with Gasteiger partial charge >= 0.3 is 11.9 Å². The number of aromatic nitrogens is 1. The molecule has 0 bridgehead atoms. The van der Waals surface area contributed by atoms with Crippen LogP contribution in [0.4, 0.5) is 5.13 Å². The third-order valence-electron chi connectivity index (χ3n) is 4.83. The summed E-state index contributed by atoms with van der Waals surface area (Å²) in [6, 6.07) is 9.00. The molecule has 32 heavy (non-hydrogen) atoms. The van der Waals surface area contributed by atoms with Gasteiger partial charge in [-0.3, -0.25) is 14.5 Å². The lowest BCUT2D eigenvalue weighted by Crippen LogP contribution is -2.29. The van der Waals surface area contributed by atoms with Gasteiger partial charge in [0.1, 0.15) is 16.7 Å². The number of amides is 1. The first kappa shape index (κ1) is 22.2. The van der Waals surface area contributed by atoms with Crippen LogP contribution in [-0.2, 0) is 14.3 Å². The molecule has 7 nitrogen and oxygen atoms in total. The van der Waals surface area contributed by atoms with E-state index in [9.17, 15) is 19.5 Å². The zero-order valence-electron chi connectivity index (χ0n) is 17.0. The van der Waals surface area contributed by atoms with Crippen LogP contribution in [0.2, 0.25) is 5.02 Å². The second-order valence-corrected chi connectivity index (χ2v) is 9.22. The number of carbonyl (C=O) groups is 3. The van der Waals surface area contributed by atoms with Gasteiger partial charge in [-0.2, -0.15) is 0 Å². The molecule has 0 aliphatic carbocycles. The number of ketones is 1. The number of benzene rings is 1. The number of aryl methyl sites for hydroxylation is 1. The molecule has 1 N–H and O–H groups in total. The highest BCUT2D eigenvalue weighted by molar-refractivity contribution is 7.18. The minimum Gasteiger partial charge on any atom is -0.507 e. The number of thiazole rings is 1. The second kappa shape index (κ2) is 8.85. The topological polar surface area (TPSA) is 96.8 Å². The molecule has 10 heteroatoms. The number of anilines is 1. The van der Waals surface area contributed by atoms with Crippen LogP contribution in [0, 0.1) is 6.92 Å². The summed E-state index contributed by atoms with van der Waals surface area (Å²) in [5.74, 6) is -2.51. The normalized spacial score (nSPS) is 17.7. The maximum absolute atomic E-state index is 13.1. The van der Waals surface area contributed by atoms with Crippen LogP contribution >= 0.6 is 34.3 Å². The fraction of sp³-hybridized carbons (Fsp3) is 0.182. The molecule has 1 saturated heterocycles. The van der Waals surface area contributed by atoms with E-state index in [2.05, 4.69) is 4.98 Å². The van der Waals surface area contributed by atoms with Crippen LogP contribution in [-0.4, -0.2) is 34.4 Å². The quantitative estimate of drug-likeness (QED) is 0.236. The summed E-state index contributed by atoms with van der Waals surface area (Å²) in [6.07, 6.45) is 0. The van der Waals surface area contributed by atoms with E-state index in [4.69, 9.17) is 16.3 Å². The van der Waals surface area contributed by atoms with Crippen molar-refractivity contribution in [3.8, 4) is 0 Å². The summed E-state index contributed by atoms with van der Waals surface area (Å²) >= 11 is 8.25. The van der Waals surface area contributed by atoms with E-state index in [-0.39, 0.29) is 27.9 Å². The molecule has 0 unspecified atom stereocenters. The predicted octanol–water partition coefficient (Wildman–Crippen LogP) is 4.97. The number of carbonyl (C=O) groups excluding carboxylic acids is 3. The third-order valence-corrected chi connectivity index (χ3v) is 7.14. The van der Waals surface area contributed by atoms with E-state index in [0.29, 0.717) is 21.2 Å². The molecule has 0 saturated carbocycles. The number of hydrogen-bond donors (Lipinski definition) is 1. The Morgan fingerprint density at radius 3 is 2.59 bits per heavy atom. The first-order valence-electron chi connectivity index (χ1n) is 9.58. The molecular weight excluding hydrogens is 472 g/mol. The average molecular weight is 489 g/mol. The van der Waals surface area contributed by atoms with E-state index in [1.165, 1.54) is 16.2 Å². The monoisotopic (exact) mass is 488 g/mol. The zero-order chi connectivity index (χ0) is 23.0. The molecule has 2 aromatic heterocycles. The number of Topliss-reactive ketones (excluding diaryl/α,β-unsaturated/α-hetero) is 1. The molecule has 1 amide bonds. The molecule has 164 valence electrons. The van der Waals surface area contributed by atoms with Crippen molar-refractivity contribution in [2.45, 2.75) is 19.9 Å². The largest absolute Gasteiger partial charge is 0.507 e. The minimum atomic E-state index is -0.883. The summed E-state index contributed by atoms with van der Waals surface area (Å²) in [5.41, 5.74) is 0.703. The lowest BCUT2D eigenvalue weighted by Gasteiger charge is -2.21. The Morgan fingerprint density at radius 1 is 1.25 bits per heavy atom. The van der Waals surface area contributed by atoms with Gasteiger partial charge in [-0.15, -0.1) is 11.3 Å². The summed E-state index contributed by atoms with van der Waals surface area (Å²) < 4.78 is 5.06. The fourth-order valence-corrected chi connectivity index (χ4v) is 5.32. The van der Waals surface area contributed by atoms with E-state index in [0.717, 1.165) is 11.3 Å². The number of esters is 1. The molecule has 1 fully saturated rings. The molecule has 1 aliphatic rings. The summed E-state index contributed by atoms with van der Waals surface area (Å²) in [6.45, 7) is 3.53. The van der Waals surface area contributed by atoms with E-state index in [1.807, 2.05) is 5.38 Å². The van der Waals surface area contributed by atoms with Gasteiger partial charge in [0.05, 0.1) is 17.9 Å². The van der Waals surface area contributed by atoms with Crippen LogP contribution in [0.5, 0.6) is 0 Å². The Kier molecular flexibility index (Phi) is 6.14. The van der Waals surface area contributed by atoms with Crippen LogP contribution in [0.1, 0.15) is 38.8 Å². The Balaban J connectivity index is 1.87. The molecule has 0 spiro atoms. The number of thiophene rings is 1. The first-order valence-corrected chi connectivity index (χ1v) is 11.7. The average Bonchev–Trinajstić information content (AvgIpc) is 3.48. The van der Waals surface area contributed by atoms with Gasteiger partial charge in [0.2, 0.25) is 0 Å². The lowest BCUT2D eigenvalue weighted by atomic mass is 10.00. The predicted molar refractivity (Wildman–Crippen MR) is 123 cm³/mol. The van der Waals surface area contributed by atoms with Gasteiger partial charge in [0, 0.05) is 15.5 Å². The standard InChI is InChI=1S/C22H17ClN2O5S2/c1-3-30-21(29)19-11(2)24-22(32-19)25-16(14-5-4-10-31-14)15(18(27)20(25)28)17(26)12-6-8-13(23)9-7-12/h4-10,16,26H,3H2,1-2H3/b17-15+/t16-/m0/s1. The molecule has 0 radical (unpaired) electrons. The molecule has 4 rings (SSSR count). The summed E-state index contributed by atoms with van der Waals surface area (Å²) in [4.78, 5) is 44.9. The van der Waals surface area contributed by atoms with Gasteiger partial charge in [-0.25, -0.2) is 9.78 Å². The van der Waals surface area contributed by atoms with Crippen molar-refractivity contribution in [3.63, 3.8) is 0 Å². The fourth-order valence-electron chi connectivity index (χ4n) is 3.38. The molecule has 1 aliphatic heterocycles. The molecule has 3 heterocycles. The van der Waals surface area contributed by atoms with E-state index < -0.39 is 23.7 Å². The van der Waals surface area contributed by atoms with Crippen LogP contribution < -0.4 is 4.90 Å². The SMILES string of the molecule is CCOC(=O)c1sc(N2C(=O)C(=O)/C(=C(/O)c3ccc(Cl)cc3)[C@@H]2c2cccs2)nc1C. The third kappa shape index (κ3) is 3.83. The van der Waals surface area contributed by atoms with Crippen molar-refractivity contribution in [2.75, 3.05) is 11.5 Å². The maximum atomic E-state index is 13.1.